The molecule has 5 rings (SSSR count). The van der Waals surface area contributed by atoms with Gasteiger partial charge >= 0.3 is 0 Å². The van der Waals surface area contributed by atoms with Crippen LogP contribution in [0.4, 0.5) is 17.1 Å². The van der Waals surface area contributed by atoms with Gasteiger partial charge in [-0.2, -0.15) is 0 Å². The zero-order valence-corrected chi connectivity index (χ0v) is 19.3. The molecule has 3 aromatic carbocycles. The minimum Gasteiger partial charge on any atom is -0.353 e. The normalized spacial score (nSPS) is 19.7. The van der Waals surface area contributed by atoms with Gasteiger partial charge in [0.15, 0.2) is 5.78 Å². The van der Waals surface area contributed by atoms with E-state index in [1.165, 1.54) is 5.56 Å². The van der Waals surface area contributed by atoms with E-state index in [9.17, 15) is 9.59 Å². The van der Waals surface area contributed by atoms with Crippen molar-refractivity contribution >= 4 is 44.7 Å². The summed E-state index contributed by atoms with van der Waals surface area (Å²) >= 11 is 3.42. The van der Waals surface area contributed by atoms with Gasteiger partial charge in [0.2, 0.25) is 0 Å². The lowest BCUT2D eigenvalue weighted by Crippen LogP contribution is -2.23. The van der Waals surface area contributed by atoms with E-state index in [0.29, 0.717) is 22.7 Å². The summed E-state index contributed by atoms with van der Waals surface area (Å²) < 4.78 is 0.845. The van der Waals surface area contributed by atoms with Gasteiger partial charge in [0.25, 0.3) is 5.91 Å². The molecule has 0 atom stereocenters. The number of amides is 1. The Morgan fingerprint density at radius 1 is 0.844 bits per heavy atom. The van der Waals surface area contributed by atoms with Gasteiger partial charge in [-0.25, -0.2) is 0 Å². The van der Waals surface area contributed by atoms with Crippen molar-refractivity contribution in [3.05, 3.63) is 87.9 Å². The van der Waals surface area contributed by atoms with E-state index >= 15 is 0 Å². The first-order valence-corrected chi connectivity index (χ1v) is 12.0. The van der Waals surface area contributed by atoms with E-state index in [0.717, 1.165) is 48.0 Å². The number of Topliss-reactive ketones (excluding diaryl/α,β-unsaturated/α-hetero) is 1. The number of fused-ring (bicyclic) bond motifs is 2. The van der Waals surface area contributed by atoms with Crippen LogP contribution < -0.4 is 10.6 Å². The van der Waals surface area contributed by atoms with E-state index in [1.54, 1.807) is 6.07 Å². The Morgan fingerprint density at radius 3 is 2.38 bits per heavy atom. The van der Waals surface area contributed by atoms with Crippen LogP contribution in [0.25, 0.3) is 0 Å². The Morgan fingerprint density at radius 2 is 1.59 bits per heavy atom. The summed E-state index contributed by atoms with van der Waals surface area (Å²) in [6, 6.07) is 21.8. The molecule has 1 amide bonds. The van der Waals surface area contributed by atoms with Crippen LogP contribution in [0, 0.1) is 11.8 Å². The fourth-order valence-corrected chi connectivity index (χ4v) is 5.23. The number of benzene rings is 3. The van der Waals surface area contributed by atoms with Crippen LogP contribution >= 0.6 is 15.9 Å². The van der Waals surface area contributed by atoms with Gasteiger partial charge in [-0.1, -0.05) is 46.3 Å². The average molecular weight is 489 g/mol. The summed E-state index contributed by atoms with van der Waals surface area (Å²) in [5.74, 6) is 0.709. The van der Waals surface area contributed by atoms with Crippen LogP contribution in [0.2, 0.25) is 0 Å². The third kappa shape index (κ3) is 4.35. The highest BCUT2D eigenvalue weighted by Crippen LogP contribution is 2.36. The van der Waals surface area contributed by atoms with E-state index in [2.05, 4.69) is 56.9 Å². The topological polar surface area (TPSA) is 58.2 Å². The van der Waals surface area contributed by atoms with Gasteiger partial charge in [-0.05, 0) is 80.0 Å². The molecule has 0 bridgehead atoms. The van der Waals surface area contributed by atoms with Crippen molar-refractivity contribution in [3.8, 4) is 0 Å². The lowest BCUT2D eigenvalue weighted by molar-refractivity contribution is 0.0871. The first kappa shape index (κ1) is 21.0. The molecule has 1 fully saturated rings. The molecule has 0 radical (unpaired) electrons. The number of hydrogen-bond donors (Lipinski definition) is 2. The summed E-state index contributed by atoms with van der Waals surface area (Å²) in [5, 5.41) is 6.28. The Hall–Kier alpha value is -2.92. The van der Waals surface area contributed by atoms with Gasteiger partial charge in [0.05, 0.1) is 22.6 Å². The maximum Gasteiger partial charge on any atom is 0.257 e. The number of hydrogen-bond acceptors (Lipinski definition) is 3. The zero-order valence-electron chi connectivity index (χ0n) is 17.7. The number of carbonyl (C=O) groups is 2. The molecule has 0 saturated heterocycles. The first-order valence-electron chi connectivity index (χ1n) is 11.2. The molecule has 2 aliphatic rings. The smallest absolute Gasteiger partial charge is 0.257 e. The molecule has 4 nitrogen and oxygen atoms in total. The van der Waals surface area contributed by atoms with Gasteiger partial charge in [0.1, 0.15) is 0 Å². The maximum atomic E-state index is 13.2. The highest BCUT2D eigenvalue weighted by atomic mass is 79.9. The third-order valence-electron chi connectivity index (χ3n) is 6.63. The molecule has 3 aromatic rings. The van der Waals surface area contributed by atoms with Crippen LogP contribution in [0.3, 0.4) is 0 Å². The minimum absolute atomic E-state index is 0.0580. The number of anilines is 3. The highest BCUT2D eigenvalue weighted by molar-refractivity contribution is 9.10. The molecule has 32 heavy (non-hydrogen) atoms. The standard InChI is InChI=1S/C27H25BrN2O2/c28-21-11-13-23-22(16-21)27(32)30-25-15-20(10-12-24(25)29-23)26(31)19-8-6-18(7-9-19)14-17-4-2-1-3-5-17/h1-5,10-13,15-16,18-19,29H,6-9,14H2,(H,30,32). The second-order valence-corrected chi connectivity index (χ2v) is 9.72. The van der Waals surface area contributed by atoms with Gasteiger partial charge in [-0.3, -0.25) is 9.59 Å². The molecule has 0 spiro atoms. The molecule has 1 heterocycles. The molecular weight excluding hydrogens is 464 g/mol. The van der Waals surface area contributed by atoms with Crippen molar-refractivity contribution in [1.82, 2.24) is 0 Å². The monoisotopic (exact) mass is 488 g/mol. The van der Waals surface area contributed by atoms with Crippen LogP contribution in [-0.4, -0.2) is 11.7 Å². The van der Waals surface area contributed by atoms with E-state index < -0.39 is 0 Å². The first-order chi connectivity index (χ1) is 15.6. The fraction of sp³-hybridized carbons (Fsp3) is 0.259. The summed E-state index contributed by atoms with van der Waals surface area (Å²) in [5.41, 5.74) is 4.81. The minimum atomic E-state index is -0.182. The van der Waals surface area contributed by atoms with Crippen LogP contribution in [0.1, 0.15) is 52.0 Å². The van der Waals surface area contributed by atoms with Crippen molar-refractivity contribution in [2.75, 3.05) is 10.6 Å². The molecule has 1 aliphatic heterocycles. The molecule has 162 valence electrons. The summed E-state index contributed by atoms with van der Waals surface area (Å²) in [4.78, 5) is 26.0. The Labute approximate surface area is 196 Å². The lowest BCUT2D eigenvalue weighted by Gasteiger charge is -2.28. The molecular formula is C27H25BrN2O2. The molecule has 1 saturated carbocycles. The van der Waals surface area contributed by atoms with E-state index in [1.807, 2.05) is 30.3 Å². The second kappa shape index (κ2) is 8.91. The van der Waals surface area contributed by atoms with E-state index in [4.69, 9.17) is 0 Å². The van der Waals surface area contributed by atoms with Crippen molar-refractivity contribution in [2.24, 2.45) is 11.8 Å². The van der Waals surface area contributed by atoms with Crippen molar-refractivity contribution in [3.63, 3.8) is 0 Å². The fourth-order valence-electron chi connectivity index (χ4n) is 4.87. The number of nitrogens with one attached hydrogen (secondary N) is 2. The van der Waals surface area contributed by atoms with Gasteiger partial charge in [0, 0.05) is 16.0 Å². The maximum absolute atomic E-state index is 13.2. The largest absolute Gasteiger partial charge is 0.353 e. The third-order valence-corrected chi connectivity index (χ3v) is 7.13. The number of ketones is 1. The average Bonchev–Trinajstić information content (AvgIpc) is 2.95. The lowest BCUT2D eigenvalue weighted by atomic mass is 9.76. The Bertz CT molecular complexity index is 1170. The van der Waals surface area contributed by atoms with Crippen molar-refractivity contribution in [2.45, 2.75) is 32.1 Å². The van der Waals surface area contributed by atoms with Crippen LogP contribution in [0.5, 0.6) is 0 Å². The molecule has 0 aromatic heterocycles. The number of rotatable bonds is 4. The Kier molecular flexibility index (Phi) is 5.83. The summed E-state index contributed by atoms with van der Waals surface area (Å²) in [6.45, 7) is 0. The quantitative estimate of drug-likeness (QED) is 0.389. The Balaban J connectivity index is 1.28. The van der Waals surface area contributed by atoms with Crippen molar-refractivity contribution in [1.29, 1.82) is 0 Å². The molecule has 0 unspecified atom stereocenters. The van der Waals surface area contributed by atoms with Crippen molar-refractivity contribution < 1.29 is 9.59 Å². The second-order valence-electron chi connectivity index (χ2n) is 8.80. The molecule has 2 N–H and O–H groups in total. The summed E-state index contributed by atoms with van der Waals surface area (Å²) in [6.07, 6.45) is 5.11. The summed E-state index contributed by atoms with van der Waals surface area (Å²) in [7, 11) is 0. The predicted octanol–water partition coefficient (Wildman–Crippen LogP) is 6.99. The SMILES string of the molecule is O=C1Nc2cc(C(=O)C3CCC(Cc4ccccc4)CC3)ccc2Nc2ccc(Br)cc21. The van der Waals surface area contributed by atoms with Crippen LogP contribution in [0.15, 0.2) is 71.2 Å². The highest BCUT2D eigenvalue weighted by Gasteiger charge is 2.28. The van der Waals surface area contributed by atoms with Gasteiger partial charge < -0.3 is 10.6 Å². The molecule has 1 aliphatic carbocycles. The number of carbonyl (C=O) groups excluding carboxylic acids is 2. The zero-order chi connectivity index (χ0) is 22.1. The van der Waals surface area contributed by atoms with Gasteiger partial charge in [-0.15, -0.1) is 0 Å². The predicted molar refractivity (Wildman–Crippen MR) is 132 cm³/mol. The van der Waals surface area contributed by atoms with Crippen LogP contribution in [-0.2, 0) is 6.42 Å². The molecule has 5 heteroatoms. The number of halogens is 1. The van der Waals surface area contributed by atoms with E-state index in [-0.39, 0.29) is 17.6 Å².